The van der Waals surface area contributed by atoms with Crippen molar-refractivity contribution in [1.82, 2.24) is 4.90 Å². The first kappa shape index (κ1) is 19.3. The van der Waals surface area contributed by atoms with Gasteiger partial charge < -0.3 is 25.8 Å². The summed E-state index contributed by atoms with van der Waals surface area (Å²) in [5, 5.41) is 23.3. The summed E-state index contributed by atoms with van der Waals surface area (Å²) in [5.74, 6) is -0.658. The van der Waals surface area contributed by atoms with Crippen LogP contribution in [0.15, 0.2) is 12.1 Å². The fourth-order valence-electron chi connectivity index (χ4n) is 2.78. The predicted molar refractivity (Wildman–Crippen MR) is 93.6 cm³/mol. The van der Waals surface area contributed by atoms with E-state index in [1.807, 2.05) is 6.92 Å². The summed E-state index contributed by atoms with van der Waals surface area (Å²) in [6.45, 7) is 3.35. The highest BCUT2D eigenvalue weighted by Gasteiger charge is 2.28. The molecule has 10 nitrogen and oxygen atoms in total. The van der Waals surface area contributed by atoms with Crippen molar-refractivity contribution >= 4 is 23.4 Å². The molecule has 0 spiro atoms. The number of benzene rings is 1. The minimum Gasteiger partial charge on any atom is -0.491 e. The van der Waals surface area contributed by atoms with Crippen LogP contribution < -0.4 is 15.8 Å². The van der Waals surface area contributed by atoms with Crippen LogP contribution in [0.25, 0.3) is 0 Å². The lowest BCUT2D eigenvalue weighted by atomic mass is 10.1. The topological polar surface area (TPSA) is 148 Å². The molecule has 26 heavy (non-hydrogen) atoms. The van der Waals surface area contributed by atoms with E-state index in [1.165, 1.54) is 11.0 Å². The summed E-state index contributed by atoms with van der Waals surface area (Å²) < 4.78 is 5.73. The van der Waals surface area contributed by atoms with Crippen LogP contribution >= 0.6 is 0 Å². The van der Waals surface area contributed by atoms with Gasteiger partial charge in [0.25, 0.3) is 5.69 Å². The summed E-state index contributed by atoms with van der Waals surface area (Å²) in [6.07, 6.45) is 0.399. The Morgan fingerprint density at radius 1 is 1.50 bits per heavy atom. The number of ether oxygens (including phenoxy) is 1. The van der Waals surface area contributed by atoms with E-state index in [9.17, 15) is 19.7 Å². The second-order valence-electron chi connectivity index (χ2n) is 6.11. The zero-order valence-electron chi connectivity index (χ0n) is 14.4. The largest absolute Gasteiger partial charge is 0.491 e. The lowest BCUT2D eigenvalue weighted by molar-refractivity contribution is -0.384. The number of carbonyl (C=O) groups excluding carboxylic acids is 1. The summed E-state index contributed by atoms with van der Waals surface area (Å²) >= 11 is 0. The summed E-state index contributed by atoms with van der Waals surface area (Å²) in [4.78, 5) is 34.5. The van der Waals surface area contributed by atoms with Crippen molar-refractivity contribution in [2.45, 2.75) is 19.8 Å². The number of nitrogens with one attached hydrogen (secondary N) is 1. The van der Waals surface area contributed by atoms with Gasteiger partial charge in [0, 0.05) is 37.2 Å². The molecular formula is C16H22N4O6. The van der Waals surface area contributed by atoms with Crippen LogP contribution in [0.1, 0.15) is 30.1 Å². The number of primary amides is 1. The Balaban J connectivity index is 2.25. The third kappa shape index (κ3) is 4.52. The van der Waals surface area contributed by atoms with Gasteiger partial charge in [0.2, 0.25) is 5.91 Å². The Hall–Kier alpha value is -3.04. The van der Waals surface area contributed by atoms with Crippen LogP contribution in [0.2, 0.25) is 0 Å². The second kappa shape index (κ2) is 8.37. The molecular weight excluding hydrogens is 344 g/mol. The van der Waals surface area contributed by atoms with Crippen molar-refractivity contribution in [3.8, 4) is 5.75 Å². The molecule has 1 heterocycles. The highest BCUT2D eigenvalue weighted by Crippen LogP contribution is 2.36. The van der Waals surface area contributed by atoms with Gasteiger partial charge in [0.15, 0.2) is 5.69 Å². The first-order chi connectivity index (χ1) is 12.3. The van der Waals surface area contributed by atoms with E-state index < -0.39 is 16.9 Å². The molecule has 2 rings (SSSR count). The van der Waals surface area contributed by atoms with Gasteiger partial charge in [-0.1, -0.05) is 6.92 Å². The van der Waals surface area contributed by atoms with Gasteiger partial charge in [0.1, 0.15) is 5.75 Å². The fourth-order valence-corrected chi connectivity index (χ4v) is 2.78. The number of hydrogen-bond donors (Lipinski definition) is 3. The monoisotopic (exact) mass is 366 g/mol. The molecule has 0 bridgehead atoms. The zero-order chi connectivity index (χ0) is 19.3. The Bertz CT molecular complexity index is 708. The number of amides is 2. The van der Waals surface area contributed by atoms with E-state index in [0.717, 1.165) is 12.5 Å². The van der Waals surface area contributed by atoms with E-state index in [4.69, 9.17) is 15.6 Å². The first-order valence-corrected chi connectivity index (χ1v) is 8.30. The first-order valence-electron chi connectivity index (χ1n) is 8.30. The van der Waals surface area contributed by atoms with E-state index in [-0.39, 0.29) is 35.2 Å². The van der Waals surface area contributed by atoms with Crippen LogP contribution in [0.3, 0.4) is 0 Å². The SMILES string of the molecule is CCCNc1c(OCC2CCN(C(=O)O)C2)cc(C(N)=O)cc1[N+](=O)[O-]. The average Bonchev–Trinajstić information content (AvgIpc) is 3.06. The molecule has 1 aromatic carbocycles. The van der Waals surface area contributed by atoms with Gasteiger partial charge >= 0.3 is 6.09 Å². The number of nitrogens with zero attached hydrogens (tertiary/aromatic N) is 2. The zero-order valence-corrected chi connectivity index (χ0v) is 14.4. The molecule has 1 unspecified atom stereocenters. The molecule has 0 saturated carbocycles. The Morgan fingerprint density at radius 3 is 2.77 bits per heavy atom. The molecule has 1 aliphatic heterocycles. The van der Waals surface area contributed by atoms with Gasteiger partial charge in [0.05, 0.1) is 11.5 Å². The fraction of sp³-hybridized carbons (Fsp3) is 0.500. The van der Waals surface area contributed by atoms with Gasteiger partial charge in [-0.05, 0) is 18.9 Å². The van der Waals surface area contributed by atoms with Crippen LogP contribution in [-0.4, -0.2) is 53.2 Å². The number of hydrogen-bond acceptors (Lipinski definition) is 6. The molecule has 2 amide bonds. The van der Waals surface area contributed by atoms with Gasteiger partial charge in [-0.3, -0.25) is 14.9 Å². The molecule has 0 radical (unpaired) electrons. The van der Waals surface area contributed by atoms with Gasteiger partial charge in [-0.2, -0.15) is 0 Å². The number of likely N-dealkylation sites (tertiary alicyclic amines) is 1. The molecule has 0 aromatic heterocycles. The van der Waals surface area contributed by atoms with E-state index in [0.29, 0.717) is 26.1 Å². The Labute approximate surface area is 150 Å². The van der Waals surface area contributed by atoms with E-state index in [1.54, 1.807) is 0 Å². The second-order valence-corrected chi connectivity index (χ2v) is 6.11. The summed E-state index contributed by atoms with van der Waals surface area (Å²) in [5.41, 5.74) is 5.14. The number of nitrogens with two attached hydrogens (primary N) is 1. The number of rotatable bonds is 8. The maximum atomic E-state index is 11.5. The van der Waals surface area contributed by atoms with Gasteiger partial charge in [-0.25, -0.2) is 4.79 Å². The van der Waals surface area contributed by atoms with Crippen LogP contribution in [0, 0.1) is 16.0 Å². The van der Waals surface area contributed by atoms with Crippen molar-refractivity contribution in [1.29, 1.82) is 0 Å². The van der Waals surface area contributed by atoms with Crippen molar-refractivity contribution in [3.63, 3.8) is 0 Å². The molecule has 0 aliphatic carbocycles. The van der Waals surface area contributed by atoms with Crippen molar-refractivity contribution in [2.24, 2.45) is 11.7 Å². The third-order valence-electron chi connectivity index (χ3n) is 4.15. The third-order valence-corrected chi connectivity index (χ3v) is 4.15. The standard InChI is InChI=1S/C16H22N4O6/c1-2-4-18-14-12(20(24)25)6-11(15(17)21)7-13(14)26-9-10-3-5-19(8-10)16(22)23/h6-7,10,18H,2-5,8-9H2,1H3,(H2,17,21)(H,22,23). The van der Waals surface area contributed by atoms with Crippen LogP contribution in [0.5, 0.6) is 5.75 Å². The molecule has 142 valence electrons. The van der Waals surface area contributed by atoms with Crippen LogP contribution in [-0.2, 0) is 0 Å². The number of nitro groups is 1. The average molecular weight is 366 g/mol. The number of nitro benzene ring substituents is 1. The Kier molecular flexibility index (Phi) is 6.21. The number of anilines is 1. The maximum Gasteiger partial charge on any atom is 0.407 e. The van der Waals surface area contributed by atoms with Crippen molar-refractivity contribution in [3.05, 3.63) is 27.8 Å². The van der Waals surface area contributed by atoms with Crippen LogP contribution in [0.4, 0.5) is 16.2 Å². The maximum absolute atomic E-state index is 11.5. The molecule has 1 fully saturated rings. The number of carbonyl (C=O) groups is 2. The molecule has 4 N–H and O–H groups in total. The van der Waals surface area contributed by atoms with E-state index in [2.05, 4.69) is 5.32 Å². The molecule has 1 aromatic rings. The predicted octanol–water partition coefficient (Wildman–Crippen LogP) is 1.89. The van der Waals surface area contributed by atoms with Crippen molar-refractivity contribution in [2.75, 3.05) is 31.6 Å². The lowest BCUT2D eigenvalue weighted by Crippen LogP contribution is -2.27. The quantitative estimate of drug-likeness (QED) is 0.470. The number of carboxylic acid groups (broad SMARTS) is 1. The smallest absolute Gasteiger partial charge is 0.407 e. The lowest BCUT2D eigenvalue weighted by Gasteiger charge is -2.17. The highest BCUT2D eigenvalue weighted by atomic mass is 16.6. The molecule has 1 saturated heterocycles. The highest BCUT2D eigenvalue weighted by molar-refractivity contribution is 5.95. The van der Waals surface area contributed by atoms with Gasteiger partial charge in [-0.15, -0.1) is 0 Å². The summed E-state index contributed by atoms with van der Waals surface area (Å²) in [7, 11) is 0. The normalized spacial score (nSPS) is 16.3. The molecule has 10 heteroatoms. The Morgan fingerprint density at radius 2 is 2.23 bits per heavy atom. The minimum atomic E-state index is -0.982. The molecule has 1 aliphatic rings. The minimum absolute atomic E-state index is 0.0210. The van der Waals surface area contributed by atoms with E-state index >= 15 is 0 Å². The van der Waals surface area contributed by atoms with Crippen molar-refractivity contribution < 1.29 is 24.4 Å². The molecule has 1 atom stereocenters. The summed E-state index contributed by atoms with van der Waals surface area (Å²) in [6, 6.07) is 2.49.